The summed E-state index contributed by atoms with van der Waals surface area (Å²) in [6.45, 7) is 0.677. The first-order valence-electron chi connectivity index (χ1n) is 6.90. The molecule has 4 heterocycles. The van der Waals surface area contributed by atoms with Crippen LogP contribution in [0, 0.1) is 0 Å². The van der Waals surface area contributed by atoms with Crippen LogP contribution in [0.25, 0.3) is 6.08 Å². The monoisotopic (exact) mass is 356 g/mol. The Labute approximate surface area is 163 Å². The molecule has 8 nitrogen and oxygen atoms in total. The van der Waals surface area contributed by atoms with Gasteiger partial charge in [-0.1, -0.05) is 0 Å². The van der Waals surface area contributed by atoms with Gasteiger partial charge in [0.15, 0.2) is 0 Å². The Morgan fingerprint density at radius 2 is 2.17 bits per heavy atom. The molecule has 0 saturated carbocycles. The Hall–Kier alpha value is -1.55. The van der Waals surface area contributed by atoms with Crippen molar-refractivity contribution >= 4 is 65.2 Å². The molecule has 1 aromatic heterocycles. The molecule has 2 amide bonds. The van der Waals surface area contributed by atoms with Crippen molar-refractivity contribution < 1.29 is 19.5 Å². The molecule has 3 aliphatic heterocycles. The van der Waals surface area contributed by atoms with Gasteiger partial charge in [-0.05, 0) is 6.08 Å². The van der Waals surface area contributed by atoms with Crippen LogP contribution in [0.1, 0.15) is 11.5 Å². The van der Waals surface area contributed by atoms with E-state index >= 15 is 0 Å². The van der Waals surface area contributed by atoms with Gasteiger partial charge < -0.3 is 14.6 Å². The maximum absolute atomic E-state index is 12.2. The van der Waals surface area contributed by atoms with Gasteiger partial charge in [0, 0.05) is 18.7 Å². The van der Waals surface area contributed by atoms with E-state index in [-0.39, 0.29) is 59.0 Å². The molecule has 1 saturated heterocycles. The number of carboxylic acid groups (broad SMARTS) is 1. The van der Waals surface area contributed by atoms with Crippen molar-refractivity contribution in [2.75, 3.05) is 7.05 Å². The third kappa shape index (κ3) is 2.52. The van der Waals surface area contributed by atoms with Gasteiger partial charge in [0.1, 0.15) is 23.4 Å². The molecule has 120 valence electrons. The fourth-order valence-corrected chi connectivity index (χ4v) is 3.92. The van der Waals surface area contributed by atoms with Gasteiger partial charge in [-0.15, -0.1) is 11.8 Å². The number of carbonyl (C=O) groups excluding carboxylic acids is 2. The zero-order chi connectivity index (χ0) is 16.3. The summed E-state index contributed by atoms with van der Waals surface area (Å²) in [5.41, 5.74) is 1.15. The first-order valence-corrected chi connectivity index (χ1v) is 7.84. The second kappa shape index (κ2) is 6.07. The molecule has 1 unspecified atom stereocenters. The SMILES string of the molecule is CN1Cc2nc(/C=C3/C(=O)N4C(C(=O)O)=CSC34)cn2CC1=O.[NaH]. The van der Waals surface area contributed by atoms with Gasteiger partial charge in [0.05, 0.1) is 17.8 Å². The normalized spacial score (nSPS) is 23.5. The molecule has 1 atom stereocenters. The summed E-state index contributed by atoms with van der Waals surface area (Å²) in [4.78, 5) is 42.2. The molecule has 0 bridgehead atoms. The number of β-lactam (4-membered cyclic amide) rings is 1. The van der Waals surface area contributed by atoms with E-state index in [4.69, 9.17) is 5.11 Å². The molecule has 10 heteroatoms. The topological polar surface area (TPSA) is 95.7 Å². The molecule has 24 heavy (non-hydrogen) atoms. The number of likely N-dealkylation sites (N-methyl/N-ethyl adjacent to an activating group) is 1. The van der Waals surface area contributed by atoms with Crippen LogP contribution in [0.2, 0.25) is 0 Å². The van der Waals surface area contributed by atoms with Gasteiger partial charge in [-0.2, -0.15) is 0 Å². The van der Waals surface area contributed by atoms with Crippen LogP contribution in [-0.2, 0) is 27.5 Å². The molecule has 4 rings (SSSR count). The number of hydrogen-bond donors (Lipinski definition) is 1. The second-order valence-corrected chi connectivity index (χ2v) is 6.49. The van der Waals surface area contributed by atoms with Crippen molar-refractivity contribution in [3.05, 3.63) is 34.4 Å². The van der Waals surface area contributed by atoms with Crippen LogP contribution in [0.3, 0.4) is 0 Å². The van der Waals surface area contributed by atoms with Crippen LogP contribution in [0.15, 0.2) is 22.9 Å². The molecule has 0 spiro atoms. The first kappa shape index (κ1) is 17.3. The van der Waals surface area contributed by atoms with E-state index in [1.165, 1.54) is 22.1 Å². The number of carbonyl (C=O) groups is 3. The molecule has 0 radical (unpaired) electrons. The fraction of sp³-hybridized carbons (Fsp3) is 0.286. The molecular formula is C14H13N4NaO4S. The fourth-order valence-electron chi connectivity index (χ4n) is 2.80. The van der Waals surface area contributed by atoms with Crippen molar-refractivity contribution in [3.8, 4) is 0 Å². The van der Waals surface area contributed by atoms with Gasteiger partial charge in [0.2, 0.25) is 5.91 Å². The number of fused-ring (bicyclic) bond motifs is 2. The minimum atomic E-state index is -1.11. The van der Waals surface area contributed by atoms with Crippen LogP contribution < -0.4 is 0 Å². The van der Waals surface area contributed by atoms with Gasteiger partial charge in [-0.25, -0.2) is 9.78 Å². The number of carboxylic acids is 1. The Morgan fingerprint density at radius 3 is 2.88 bits per heavy atom. The van der Waals surface area contributed by atoms with Gasteiger partial charge >= 0.3 is 35.5 Å². The van der Waals surface area contributed by atoms with E-state index in [1.807, 2.05) is 0 Å². The summed E-state index contributed by atoms with van der Waals surface area (Å²) < 4.78 is 1.78. The summed E-state index contributed by atoms with van der Waals surface area (Å²) in [6.07, 6.45) is 3.42. The van der Waals surface area contributed by atoms with Crippen LogP contribution in [0.5, 0.6) is 0 Å². The standard InChI is InChI=1S/C14H12N4O4S.Na.H/c1-16-4-10-15-7(3-17(10)5-11(16)19)2-8-12(20)18-9(14(21)22)6-23-13(8)18;;/h2-3,6,13H,4-5H2,1H3,(H,21,22);;/b8-2-;;. The molecule has 0 aromatic carbocycles. The minimum absolute atomic E-state index is 0. The molecule has 0 aliphatic carbocycles. The predicted octanol–water partition coefficient (Wildman–Crippen LogP) is -0.569. The van der Waals surface area contributed by atoms with Crippen molar-refractivity contribution in [3.63, 3.8) is 0 Å². The van der Waals surface area contributed by atoms with Gasteiger partial charge in [-0.3, -0.25) is 14.5 Å². The molecule has 1 aromatic rings. The zero-order valence-corrected chi connectivity index (χ0v) is 12.9. The van der Waals surface area contributed by atoms with Crippen molar-refractivity contribution in [1.29, 1.82) is 0 Å². The number of nitrogens with zero attached hydrogens (tertiary/aromatic N) is 4. The van der Waals surface area contributed by atoms with Crippen LogP contribution in [0.4, 0.5) is 0 Å². The summed E-state index contributed by atoms with van der Waals surface area (Å²) in [7, 11) is 1.72. The Morgan fingerprint density at radius 1 is 1.42 bits per heavy atom. The third-order valence-corrected chi connectivity index (χ3v) is 5.13. The molecule has 1 N–H and O–H groups in total. The number of aliphatic carboxylic acids is 1. The van der Waals surface area contributed by atoms with Gasteiger partial charge in [0.25, 0.3) is 5.91 Å². The molecule has 1 fully saturated rings. The Kier molecular flexibility index (Phi) is 4.37. The quantitative estimate of drug-likeness (QED) is 0.433. The van der Waals surface area contributed by atoms with Crippen molar-refractivity contribution in [1.82, 2.24) is 19.4 Å². The van der Waals surface area contributed by atoms with E-state index < -0.39 is 5.97 Å². The maximum atomic E-state index is 12.2. The number of aromatic nitrogens is 2. The summed E-state index contributed by atoms with van der Waals surface area (Å²) in [5.74, 6) is -0.633. The summed E-state index contributed by atoms with van der Waals surface area (Å²) in [5, 5.41) is 10.2. The van der Waals surface area contributed by atoms with E-state index in [0.29, 0.717) is 17.8 Å². The van der Waals surface area contributed by atoms with Crippen LogP contribution in [-0.4, -0.2) is 84.2 Å². The van der Waals surface area contributed by atoms with E-state index in [0.717, 1.165) is 5.82 Å². The third-order valence-electron chi connectivity index (χ3n) is 4.04. The molecule has 3 aliphatic rings. The van der Waals surface area contributed by atoms with E-state index in [9.17, 15) is 14.4 Å². The average Bonchev–Trinajstić information content (AvgIpc) is 3.06. The predicted molar refractivity (Wildman–Crippen MR) is 87.8 cm³/mol. The average molecular weight is 356 g/mol. The number of rotatable bonds is 2. The van der Waals surface area contributed by atoms with Crippen LogP contribution >= 0.6 is 11.8 Å². The Balaban J connectivity index is 0.00000169. The number of hydrogen-bond acceptors (Lipinski definition) is 5. The number of imidazole rings is 1. The molecular weight excluding hydrogens is 343 g/mol. The first-order chi connectivity index (χ1) is 11.0. The number of thioether (sulfide) groups is 1. The van der Waals surface area contributed by atoms with Crippen molar-refractivity contribution in [2.24, 2.45) is 0 Å². The van der Waals surface area contributed by atoms with Crippen molar-refractivity contribution in [2.45, 2.75) is 18.5 Å². The van der Waals surface area contributed by atoms with E-state index in [1.54, 1.807) is 28.8 Å². The summed E-state index contributed by atoms with van der Waals surface area (Å²) in [6, 6.07) is 0. The zero-order valence-electron chi connectivity index (χ0n) is 12.1. The van der Waals surface area contributed by atoms with E-state index in [2.05, 4.69) is 4.98 Å². The Bertz CT molecular complexity index is 831. The number of amides is 2. The second-order valence-electron chi connectivity index (χ2n) is 5.53. The summed E-state index contributed by atoms with van der Waals surface area (Å²) >= 11 is 1.29.